The van der Waals surface area contributed by atoms with E-state index in [0.717, 1.165) is 11.3 Å². The van der Waals surface area contributed by atoms with Crippen molar-refractivity contribution in [1.82, 2.24) is 25.5 Å². The Balaban J connectivity index is 1.63. The Hall–Kier alpha value is -2.74. The Bertz CT molecular complexity index is 829. The number of para-hydroxylation sites is 1. The van der Waals surface area contributed by atoms with Crippen molar-refractivity contribution in [3.63, 3.8) is 0 Å². The minimum atomic E-state index is -0.134. The van der Waals surface area contributed by atoms with Gasteiger partial charge in [-0.2, -0.15) is 5.10 Å². The van der Waals surface area contributed by atoms with Crippen LogP contribution >= 0.6 is 11.3 Å². The summed E-state index contributed by atoms with van der Waals surface area (Å²) in [5.74, 6) is 1.26. The molecule has 0 fully saturated rings. The van der Waals surface area contributed by atoms with Gasteiger partial charge < -0.3 is 10.1 Å². The van der Waals surface area contributed by atoms with Gasteiger partial charge in [-0.05, 0) is 25.0 Å². The number of rotatable bonds is 6. The number of aromatic amines is 1. The number of ether oxygens (including phenoxy) is 1. The van der Waals surface area contributed by atoms with E-state index < -0.39 is 0 Å². The Labute approximate surface area is 143 Å². The number of H-pyrrole nitrogens is 1. The lowest BCUT2D eigenvalue weighted by atomic mass is 10.1. The second-order valence-electron chi connectivity index (χ2n) is 5.09. The number of carbonyl (C=O) groups excluding carboxylic acids is 1. The molecule has 0 radical (unpaired) electrons. The van der Waals surface area contributed by atoms with Gasteiger partial charge in [0.15, 0.2) is 10.8 Å². The first-order valence-electron chi connectivity index (χ1n) is 7.42. The summed E-state index contributed by atoms with van der Waals surface area (Å²) in [5, 5.41) is 10.1. The van der Waals surface area contributed by atoms with Crippen molar-refractivity contribution in [2.75, 3.05) is 13.7 Å². The molecule has 0 aliphatic carbocycles. The highest BCUT2D eigenvalue weighted by atomic mass is 32.1. The molecular weight excluding hydrogens is 326 g/mol. The molecule has 1 aromatic carbocycles. The lowest BCUT2D eigenvalue weighted by Gasteiger charge is -2.08. The molecule has 2 aromatic heterocycles. The molecule has 0 saturated heterocycles. The van der Waals surface area contributed by atoms with Gasteiger partial charge >= 0.3 is 0 Å². The van der Waals surface area contributed by atoms with Crippen LogP contribution in [-0.2, 0) is 6.42 Å². The van der Waals surface area contributed by atoms with Gasteiger partial charge in [0.1, 0.15) is 17.0 Å². The summed E-state index contributed by atoms with van der Waals surface area (Å²) >= 11 is 1.30. The monoisotopic (exact) mass is 343 g/mol. The van der Waals surface area contributed by atoms with Gasteiger partial charge in [-0.3, -0.25) is 9.89 Å². The van der Waals surface area contributed by atoms with E-state index in [1.54, 1.807) is 7.11 Å². The fraction of sp³-hybridized carbons (Fsp3) is 0.250. The average molecular weight is 343 g/mol. The molecule has 8 heteroatoms. The molecule has 1 amide bonds. The zero-order valence-electron chi connectivity index (χ0n) is 13.4. The van der Waals surface area contributed by atoms with Crippen molar-refractivity contribution in [3.8, 4) is 16.6 Å². The first kappa shape index (κ1) is 16.1. The van der Waals surface area contributed by atoms with E-state index in [0.29, 0.717) is 34.4 Å². The Morgan fingerprint density at radius 1 is 1.38 bits per heavy atom. The number of carbonyl (C=O) groups is 1. The third kappa shape index (κ3) is 3.43. The van der Waals surface area contributed by atoms with Gasteiger partial charge in [0.2, 0.25) is 0 Å². The third-order valence-electron chi connectivity index (χ3n) is 3.49. The van der Waals surface area contributed by atoms with Crippen molar-refractivity contribution in [2.45, 2.75) is 13.3 Å². The van der Waals surface area contributed by atoms with Gasteiger partial charge in [-0.1, -0.05) is 18.2 Å². The van der Waals surface area contributed by atoms with Gasteiger partial charge in [-0.25, -0.2) is 9.97 Å². The fourth-order valence-corrected chi connectivity index (χ4v) is 3.25. The van der Waals surface area contributed by atoms with Crippen LogP contribution in [0.25, 0.3) is 10.8 Å². The zero-order chi connectivity index (χ0) is 16.9. The lowest BCUT2D eigenvalue weighted by Crippen LogP contribution is -2.25. The van der Waals surface area contributed by atoms with Crippen molar-refractivity contribution in [2.24, 2.45) is 0 Å². The highest BCUT2D eigenvalue weighted by Gasteiger charge is 2.17. The molecule has 7 nitrogen and oxygen atoms in total. The zero-order valence-corrected chi connectivity index (χ0v) is 14.2. The minimum Gasteiger partial charge on any atom is -0.496 e. The Morgan fingerprint density at radius 3 is 2.96 bits per heavy atom. The number of methoxy groups -OCH3 is 1. The summed E-state index contributed by atoms with van der Waals surface area (Å²) in [6, 6.07) is 7.78. The molecule has 2 heterocycles. The molecule has 3 aromatic rings. The highest BCUT2D eigenvalue weighted by Crippen LogP contribution is 2.25. The van der Waals surface area contributed by atoms with Crippen LogP contribution in [-0.4, -0.2) is 39.7 Å². The maximum atomic E-state index is 12.4. The Kier molecular flexibility index (Phi) is 4.85. The number of nitrogens with one attached hydrogen (secondary N) is 2. The summed E-state index contributed by atoms with van der Waals surface area (Å²) in [6.07, 6.45) is 2.11. The third-order valence-corrected chi connectivity index (χ3v) is 4.66. The largest absolute Gasteiger partial charge is 0.496 e. The first-order valence-corrected chi connectivity index (χ1v) is 8.24. The normalized spacial score (nSPS) is 10.6. The van der Waals surface area contributed by atoms with E-state index in [-0.39, 0.29) is 5.91 Å². The van der Waals surface area contributed by atoms with Crippen LogP contribution in [0.5, 0.6) is 5.75 Å². The van der Waals surface area contributed by atoms with E-state index in [1.807, 2.05) is 31.2 Å². The Morgan fingerprint density at radius 2 is 2.21 bits per heavy atom. The van der Waals surface area contributed by atoms with E-state index in [1.165, 1.54) is 17.7 Å². The molecule has 3 rings (SSSR count). The highest BCUT2D eigenvalue weighted by molar-refractivity contribution is 7.17. The van der Waals surface area contributed by atoms with Crippen LogP contribution in [0.1, 0.15) is 20.9 Å². The van der Waals surface area contributed by atoms with E-state index in [2.05, 4.69) is 25.5 Å². The molecule has 0 unspecified atom stereocenters. The number of nitrogens with zero attached hydrogens (tertiary/aromatic N) is 3. The lowest BCUT2D eigenvalue weighted by molar-refractivity contribution is 0.0957. The number of aryl methyl sites for hydroxylation is 1. The number of benzene rings is 1. The van der Waals surface area contributed by atoms with Crippen LogP contribution in [0.3, 0.4) is 0 Å². The topological polar surface area (TPSA) is 92.8 Å². The van der Waals surface area contributed by atoms with E-state index in [9.17, 15) is 4.79 Å². The quantitative estimate of drug-likeness (QED) is 0.716. The molecule has 0 spiro atoms. The smallest absolute Gasteiger partial charge is 0.263 e. The number of thiazole rings is 1. The molecular formula is C16H17N5O2S. The maximum absolute atomic E-state index is 12.4. The van der Waals surface area contributed by atoms with Gasteiger partial charge in [0.25, 0.3) is 5.91 Å². The summed E-state index contributed by atoms with van der Waals surface area (Å²) in [7, 11) is 1.64. The average Bonchev–Trinajstić information content (AvgIpc) is 3.24. The molecule has 0 saturated carbocycles. The molecule has 24 heavy (non-hydrogen) atoms. The predicted octanol–water partition coefficient (Wildman–Crippen LogP) is 2.22. The number of amides is 1. The van der Waals surface area contributed by atoms with Gasteiger partial charge in [0.05, 0.1) is 12.8 Å². The van der Waals surface area contributed by atoms with Gasteiger partial charge in [0, 0.05) is 6.54 Å². The van der Waals surface area contributed by atoms with Crippen molar-refractivity contribution in [3.05, 3.63) is 46.7 Å². The van der Waals surface area contributed by atoms with Crippen LogP contribution in [0.2, 0.25) is 0 Å². The van der Waals surface area contributed by atoms with Crippen molar-refractivity contribution in [1.29, 1.82) is 0 Å². The number of aromatic nitrogens is 4. The van der Waals surface area contributed by atoms with Crippen LogP contribution in [0, 0.1) is 6.92 Å². The van der Waals surface area contributed by atoms with E-state index >= 15 is 0 Å². The van der Waals surface area contributed by atoms with Crippen LogP contribution in [0.15, 0.2) is 30.6 Å². The molecule has 124 valence electrons. The predicted molar refractivity (Wildman–Crippen MR) is 91.3 cm³/mol. The maximum Gasteiger partial charge on any atom is 0.263 e. The SMILES string of the molecule is COc1ccccc1CCNC(=O)c1sc(-c2ncn[nH]2)nc1C. The molecule has 0 atom stereocenters. The fourth-order valence-electron chi connectivity index (χ4n) is 2.32. The summed E-state index contributed by atoms with van der Waals surface area (Å²) in [5.41, 5.74) is 1.74. The van der Waals surface area contributed by atoms with Crippen molar-refractivity contribution < 1.29 is 9.53 Å². The minimum absolute atomic E-state index is 0.134. The van der Waals surface area contributed by atoms with Gasteiger partial charge in [-0.15, -0.1) is 11.3 Å². The molecule has 2 N–H and O–H groups in total. The standard InChI is InChI=1S/C16H17N5O2S/c1-10-13(24-16(20-10)14-18-9-19-21-14)15(22)17-8-7-11-5-3-4-6-12(11)23-2/h3-6,9H,7-8H2,1-2H3,(H,17,22)(H,18,19,21). The summed E-state index contributed by atoms with van der Waals surface area (Å²) < 4.78 is 5.31. The number of hydrogen-bond donors (Lipinski definition) is 2. The van der Waals surface area contributed by atoms with Crippen molar-refractivity contribution >= 4 is 17.2 Å². The molecule has 0 aliphatic rings. The first-order chi connectivity index (χ1) is 11.7. The second-order valence-corrected chi connectivity index (χ2v) is 6.08. The summed E-state index contributed by atoms with van der Waals surface area (Å²) in [4.78, 5) is 21.4. The van der Waals surface area contributed by atoms with Crippen LogP contribution < -0.4 is 10.1 Å². The second kappa shape index (κ2) is 7.22. The summed E-state index contributed by atoms with van der Waals surface area (Å²) in [6.45, 7) is 2.33. The number of hydrogen-bond acceptors (Lipinski definition) is 6. The van der Waals surface area contributed by atoms with E-state index in [4.69, 9.17) is 4.74 Å². The van der Waals surface area contributed by atoms with Crippen LogP contribution in [0.4, 0.5) is 0 Å². The molecule has 0 bridgehead atoms. The molecule has 0 aliphatic heterocycles.